The van der Waals surface area contributed by atoms with Gasteiger partial charge in [-0.3, -0.25) is 9.79 Å². The van der Waals surface area contributed by atoms with Crippen LogP contribution in [0.2, 0.25) is 0 Å². The van der Waals surface area contributed by atoms with Crippen molar-refractivity contribution >= 4 is 22.7 Å². The van der Waals surface area contributed by atoms with Crippen molar-refractivity contribution in [2.75, 3.05) is 26.9 Å². The van der Waals surface area contributed by atoms with E-state index >= 15 is 4.39 Å². The Morgan fingerprint density at radius 3 is 2.85 bits per heavy atom. The fourth-order valence-electron chi connectivity index (χ4n) is 4.80. The summed E-state index contributed by atoms with van der Waals surface area (Å²) in [6.07, 6.45) is 4.80. The number of rotatable bonds is 9. The predicted octanol–water partition coefficient (Wildman–Crippen LogP) is 2.89. The second kappa shape index (κ2) is 8.90. The highest BCUT2D eigenvalue weighted by Gasteiger charge is 2.66. The number of hydrogen-bond acceptors (Lipinski definition) is 9. The van der Waals surface area contributed by atoms with Crippen molar-refractivity contribution in [3.8, 4) is 5.88 Å². The van der Waals surface area contributed by atoms with Gasteiger partial charge < -0.3 is 19.9 Å². The Morgan fingerprint density at radius 2 is 2.18 bits per heavy atom. The maximum atomic E-state index is 15.0. The maximum Gasteiger partial charge on any atom is 0.232 e. The van der Waals surface area contributed by atoms with E-state index in [-0.39, 0.29) is 40.5 Å². The van der Waals surface area contributed by atoms with Crippen molar-refractivity contribution in [3.05, 3.63) is 53.2 Å². The summed E-state index contributed by atoms with van der Waals surface area (Å²) in [5.74, 6) is -0.136. The minimum absolute atomic E-state index is 0.0655. The molecule has 2 fully saturated rings. The number of nitrogens with zero attached hydrogens (tertiary/aromatic N) is 3. The van der Waals surface area contributed by atoms with E-state index in [2.05, 4.69) is 15.0 Å². The minimum atomic E-state index is -0.819. The van der Waals surface area contributed by atoms with Crippen molar-refractivity contribution in [2.24, 2.45) is 16.6 Å². The molecule has 0 bridgehead atoms. The zero-order chi connectivity index (χ0) is 23.9. The van der Waals surface area contributed by atoms with Gasteiger partial charge in [0.2, 0.25) is 5.88 Å². The van der Waals surface area contributed by atoms with Crippen LogP contribution >= 0.6 is 11.8 Å². The highest BCUT2D eigenvalue weighted by atomic mass is 32.2. The molecule has 10 heteroatoms. The van der Waals surface area contributed by atoms with Crippen LogP contribution in [0, 0.1) is 11.7 Å². The first-order chi connectivity index (χ1) is 16.3. The highest BCUT2D eigenvalue weighted by Crippen LogP contribution is 2.65. The molecule has 34 heavy (non-hydrogen) atoms. The van der Waals surface area contributed by atoms with Crippen LogP contribution in [-0.4, -0.2) is 58.7 Å². The number of nitrogens with two attached hydrogens (primary N) is 1. The molecular weight excluding hydrogens is 459 g/mol. The monoisotopic (exact) mass is 486 g/mol. The number of thioether (sulfide) groups is 1. The lowest BCUT2D eigenvalue weighted by atomic mass is 9.84. The third kappa shape index (κ3) is 4.30. The summed E-state index contributed by atoms with van der Waals surface area (Å²) in [7, 11) is 1.65. The summed E-state index contributed by atoms with van der Waals surface area (Å²) >= 11 is 1.51. The number of aromatic nitrogens is 2. The third-order valence-corrected chi connectivity index (χ3v) is 8.08. The lowest BCUT2D eigenvalue weighted by molar-refractivity contribution is -0.0727. The molecular formula is C24H27FN4O4S. The minimum Gasteiger partial charge on any atom is -0.474 e. The molecule has 2 N–H and O–H groups in total. The number of halogens is 1. The largest absolute Gasteiger partial charge is 0.474 e. The van der Waals surface area contributed by atoms with Gasteiger partial charge in [0.05, 0.1) is 35.4 Å². The zero-order valence-electron chi connectivity index (χ0n) is 19.1. The summed E-state index contributed by atoms with van der Waals surface area (Å²) < 4.78 is 31.1. The maximum absolute atomic E-state index is 15.0. The van der Waals surface area contributed by atoms with Crippen LogP contribution in [-0.2, 0) is 21.4 Å². The lowest BCUT2D eigenvalue weighted by Crippen LogP contribution is -2.37. The van der Waals surface area contributed by atoms with Gasteiger partial charge in [0, 0.05) is 38.0 Å². The van der Waals surface area contributed by atoms with Crippen molar-refractivity contribution in [2.45, 2.75) is 42.6 Å². The Bertz CT molecular complexity index is 1130. The van der Waals surface area contributed by atoms with Gasteiger partial charge in [-0.1, -0.05) is 17.8 Å². The van der Waals surface area contributed by atoms with E-state index in [1.807, 2.05) is 6.92 Å². The van der Waals surface area contributed by atoms with Crippen LogP contribution in [0.3, 0.4) is 0 Å². The first kappa shape index (κ1) is 23.2. The average Bonchev–Trinajstić information content (AvgIpc) is 3.49. The van der Waals surface area contributed by atoms with E-state index < -0.39 is 5.54 Å². The Morgan fingerprint density at radius 1 is 1.35 bits per heavy atom. The number of methoxy groups -OCH3 is 1. The predicted molar refractivity (Wildman–Crippen MR) is 126 cm³/mol. The van der Waals surface area contributed by atoms with Gasteiger partial charge in [0.15, 0.2) is 11.0 Å². The smallest absolute Gasteiger partial charge is 0.232 e. The van der Waals surface area contributed by atoms with Gasteiger partial charge in [-0.25, -0.2) is 14.4 Å². The van der Waals surface area contributed by atoms with E-state index in [0.717, 1.165) is 19.4 Å². The molecule has 1 unspecified atom stereocenters. The molecule has 0 radical (unpaired) electrons. The van der Waals surface area contributed by atoms with Crippen molar-refractivity contribution < 1.29 is 23.4 Å². The molecule has 2 aliphatic heterocycles. The average molecular weight is 487 g/mol. The second-order valence-electron chi connectivity index (χ2n) is 9.20. The molecule has 3 heterocycles. The van der Waals surface area contributed by atoms with Gasteiger partial charge in [0.25, 0.3) is 0 Å². The molecule has 180 valence electrons. The number of hydrogen-bond donors (Lipinski definition) is 1. The summed E-state index contributed by atoms with van der Waals surface area (Å²) in [5.41, 5.74) is 6.66. The fourth-order valence-corrected chi connectivity index (χ4v) is 6.26. The van der Waals surface area contributed by atoms with Gasteiger partial charge in [-0.05, 0) is 31.0 Å². The van der Waals surface area contributed by atoms with Crippen molar-refractivity contribution in [1.82, 2.24) is 9.97 Å². The quantitative estimate of drug-likeness (QED) is 0.539. The number of ketones is 1. The molecule has 3 aliphatic rings. The number of Topliss-reactive ketones (excluding diaryl/α,β-unsaturated/α-hetero) is 1. The van der Waals surface area contributed by atoms with Gasteiger partial charge >= 0.3 is 0 Å². The first-order valence-electron chi connectivity index (χ1n) is 11.2. The lowest BCUT2D eigenvalue weighted by Gasteiger charge is -2.34. The Balaban J connectivity index is 1.31. The molecule has 0 spiro atoms. The van der Waals surface area contributed by atoms with Crippen LogP contribution in [0.4, 0.5) is 4.39 Å². The molecule has 0 amide bonds. The standard InChI is InChI=1S/C24H27FN4O4S/c1-23(20-9-24(20,13-31-2)34-22(26)29-23)16-7-14(3-4-17(16)25)8-19(30)18-10-28-21(11-27-18)33-12-15-5-6-32-15/h3-4,7,10-11,15,20H,5-6,8-9,12-13H2,1-2H3,(H2,26,29)/t15?,20-,23+,24+/m0/s1. The van der Waals surface area contributed by atoms with Crippen LogP contribution in [0.15, 0.2) is 35.6 Å². The molecule has 1 aromatic heterocycles. The molecule has 1 aliphatic carbocycles. The Kier molecular flexibility index (Phi) is 6.07. The van der Waals surface area contributed by atoms with Crippen LogP contribution in [0.5, 0.6) is 5.88 Å². The molecule has 1 saturated heterocycles. The van der Waals surface area contributed by atoms with Gasteiger partial charge in [-0.15, -0.1) is 0 Å². The van der Waals surface area contributed by atoms with E-state index in [1.165, 1.54) is 30.2 Å². The van der Waals surface area contributed by atoms with Gasteiger partial charge in [-0.2, -0.15) is 0 Å². The molecule has 1 aromatic carbocycles. The fraction of sp³-hybridized carbons (Fsp3) is 0.500. The molecule has 4 atom stereocenters. The van der Waals surface area contributed by atoms with E-state index in [9.17, 15) is 4.79 Å². The summed E-state index contributed by atoms with van der Waals surface area (Å²) in [6, 6.07) is 4.73. The second-order valence-corrected chi connectivity index (χ2v) is 10.6. The number of carbonyl (C=O) groups is 1. The van der Waals surface area contributed by atoms with E-state index in [1.54, 1.807) is 19.2 Å². The van der Waals surface area contributed by atoms with Crippen molar-refractivity contribution in [3.63, 3.8) is 0 Å². The molecule has 8 nitrogen and oxygen atoms in total. The van der Waals surface area contributed by atoms with E-state index in [0.29, 0.717) is 35.4 Å². The number of ether oxygens (including phenoxy) is 3. The molecule has 1 saturated carbocycles. The van der Waals surface area contributed by atoms with Crippen LogP contribution in [0.25, 0.3) is 0 Å². The van der Waals surface area contributed by atoms with Crippen LogP contribution < -0.4 is 10.5 Å². The van der Waals surface area contributed by atoms with Crippen molar-refractivity contribution in [1.29, 1.82) is 0 Å². The Hall–Kier alpha value is -2.56. The zero-order valence-corrected chi connectivity index (χ0v) is 19.9. The molecule has 2 aromatic rings. The van der Waals surface area contributed by atoms with Gasteiger partial charge in [0.1, 0.15) is 18.1 Å². The summed E-state index contributed by atoms with van der Waals surface area (Å²) in [5, 5.41) is 0.427. The highest BCUT2D eigenvalue weighted by molar-refractivity contribution is 8.15. The third-order valence-electron chi connectivity index (χ3n) is 6.81. The normalized spacial score (nSPS) is 29.6. The summed E-state index contributed by atoms with van der Waals surface area (Å²) in [4.78, 5) is 25.9. The summed E-state index contributed by atoms with van der Waals surface area (Å²) in [6.45, 7) is 3.60. The number of amidine groups is 1. The number of benzene rings is 1. The number of carbonyl (C=O) groups excluding carboxylic acids is 1. The SMILES string of the molecule is COC[C@]12C[C@H]1[C@@](C)(c1cc(CC(=O)c3cnc(OCC4CCO4)cn3)ccc1F)N=C(N)S2. The number of fused-ring (bicyclic) bond motifs is 1. The first-order valence-corrected chi connectivity index (χ1v) is 12.1. The number of aliphatic imine (C=N–C) groups is 1. The molecule has 5 rings (SSSR count). The Labute approximate surface area is 201 Å². The topological polar surface area (TPSA) is 109 Å². The van der Waals surface area contributed by atoms with E-state index in [4.69, 9.17) is 19.9 Å². The van der Waals surface area contributed by atoms with Crippen LogP contribution in [0.1, 0.15) is 41.4 Å².